The van der Waals surface area contributed by atoms with Crippen molar-refractivity contribution in [3.63, 3.8) is 0 Å². The van der Waals surface area contributed by atoms with Gasteiger partial charge < -0.3 is 4.90 Å². The molecule has 1 saturated heterocycles. The third-order valence-corrected chi connectivity index (χ3v) is 4.46. The number of piperidine rings is 1. The molecule has 0 aliphatic carbocycles. The summed E-state index contributed by atoms with van der Waals surface area (Å²) in [6.45, 7) is 5.43. The van der Waals surface area contributed by atoms with E-state index < -0.39 is 5.82 Å². The summed E-state index contributed by atoms with van der Waals surface area (Å²) >= 11 is 3.33. The van der Waals surface area contributed by atoms with Gasteiger partial charge in [0.2, 0.25) is 0 Å². The highest BCUT2D eigenvalue weighted by atomic mass is 79.9. The van der Waals surface area contributed by atoms with Crippen LogP contribution in [0.1, 0.15) is 35.7 Å². The van der Waals surface area contributed by atoms with Gasteiger partial charge in [0, 0.05) is 17.6 Å². The number of hydrogen-bond acceptors (Lipinski definition) is 1. The molecule has 2 nitrogen and oxygen atoms in total. The number of carbonyl (C=O) groups excluding carboxylic acids is 1. The van der Waals surface area contributed by atoms with Crippen LogP contribution < -0.4 is 0 Å². The van der Waals surface area contributed by atoms with Crippen molar-refractivity contribution in [2.75, 3.05) is 13.1 Å². The predicted octanol–water partition coefficient (Wildman–Crippen LogP) is 3.77. The number of amides is 1. The van der Waals surface area contributed by atoms with Crippen LogP contribution in [0.25, 0.3) is 0 Å². The standard InChI is InChI=1S/C14H17BrFNO/c1-9-4-3-7-17(8-9)14(18)12-11(16)6-5-10(2)13(12)15/h5-6,9H,3-4,7-8H2,1-2H3. The van der Waals surface area contributed by atoms with Crippen LogP contribution in [-0.4, -0.2) is 23.9 Å². The number of aryl methyl sites for hydroxylation is 1. The summed E-state index contributed by atoms with van der Waals surface area (Å²) in [6.07, 6.45) is 2.14. The largest absolute Gasteiger partial charge is 0.338 e. The first-order valence-electron chi connectivity index (χ1n) is 6.24. The fraction of sp³-hybridized carbons (Fsp3) is 0.500. The first kappa shape index (κ1) is 13.5. The molecule has 0 aromatic heterocycles. The zero-order valence-electron chi connectivity index (χ0n) is 10.7. The highest BCUT2D eigenvalue weighted by molar-refractivity contribution is 9.10. The van der Waals surface area contributed by atoms with Gasteiger partial charge in [-0.1, -0.05) is 13.0 Å². The quantitative estimate of drug-likeness (QED) is 0.773. The molecule has 98 valence electrons. The Morgan fingerprint density at radius 1 is 1.50 bits per heavy atom. The lowest BCUT2D eigenvalue weighted by molar-refractivity contribution is 0.0677. The molecule has 1 aromatic rings. The van der Waals surface area contributed by atoms with E-state index in [1.807, 2.05) is 6.92 Å². The summed E-state index contributed by atoms with van der Waals surface area (Å²) in [5.74, 6) is -0.153. The van der Waals surface area contributed by atoms with E-state index in [1.54, 1.807) is 11.0 Å². The fourth-order valence-corrected chi connectivity index (χ4v) is 2.88. The van der Waals surface area contributed by atoms with Gasteiger partial charge in [-0.25, -0.2) is 4.39 Å². The lowest BCUT2D eigenvalue weighted by Crippen LogP contribution is -2.39. The van der Waals surface area contributed by atoms with Crippen molar-refractivity contribution in [3.05, 3.63) is 33.5 Å². The topological polar surface area (TPSA) is 20.3 Å². The summed E-state index contributed by atoms with van der Waals surface area (Å²) in [5.41, 5.74) is 1.05. The van der Waals surface area contributed by atoms with E-state index in [0.717, 1.165) is 31.5 Å². The summed E-state index contributed by atoms with van der Waals surface area (Å²) in [7, 11) is 0. The van der Waals surface area contributed by atoms with Crippen molar-refractivity contribution in [3.8, 4) is 0 Å². The van der Waals surface area contributed by atoms with Gasteiger partial charge in [0.25, 0.3) is 5.91 Å². The van der Waals surface area contributed by atoms with Gasteiger partial charge in [-0.3, -0.25) is 4.79 Å². The maximum absolute atomic E-state index is 13.9. The lowest BCUT2D eigenvalue weighted by atomic mass is 9.99. The average molecular weight is 314 g/mol. The zero-order chi connectivity index (χ0) is 13.3. The fourth-order valence-electron chi connectivity index (χ4n) is 2.38. The highest BCUT2D eigenvalue weighted by Gasteiger charge is 2.26. The smallest absolute Gasteiger partial charge is 0.258 e. The van der Waals surface area contributed by atoms with E-state index in [4.69, 9.17) is 0 Å². The Balaban J connectivity index is 2.31. The van der Waals surface area contributed by atoms with Crippen LogP contribution in [-0.2, 0) is 0 Å². The van der Waals surface area contributed by atoms with E-state index in [0.29, 0.717) is 10.4 Å². The Labute approximate surface area is 115 Å². The molecule has 1 amide bonds. The van der Waals surface area contributed by atoms with Crippen LogP contribution in [0.3, 0.4) is 0 Å². The Hall–Kier alpha value is -0.900. The van der Waals surface area contributed by atoms with Gasteiger partial charge in [0.05, 0.1) is 5.56 Å². The molecule has 1 aliphatic rings. The van der Waals surface area contributed by atoms with Crippen molar-refractivity contribution >= 4 is 21.8 Å². The van der Waals surface area contributed by atoms with Gasteiger partial charge in [0.1, 0.15) is 5.82 Å². The Morgan fingerprint density at radius 3 is 2.89 bits per heavy atom. The molecule has 1 aliphatic heterocycles. The molecule has 0 saturated carbocycles. The van der Waals surface area contributed by atoms with E-state index in [9.17, 15) is 9.18 Å². The predicted molar refractivity (Wildman–Crippen MR) is 73.1 cm³/mol. The van der Waals surface area contributed by atoms with Gasteiger partial charge in [-0.2, -0.15) is 0 Å². The molecule has 1 aromatic carbocycles. The van der Waals surface area contributed by atoms with Crippen molar-refractivity contribution in [1.29, 1.82) is 0 Å². The maximum atomic E-state index is 13.9. The average Bonchev–Trinajstić information content (AvgIpc) is 2.34. The molecule has 1 atom stereocenters. The minimum atomic E-state index is -0.448. The Morgan fingerprint density at radius 2 is 2.22 bits per heavy atom. The van der Waals surface area contributed by atoms with Crippen LogP contribution in [0, 0.1) is 18.7 Å². The molecule has 1 unspecified atom stereocenters. The van der Waals surface area contributed by atoms with Gasteiger partial charge >= 0.3 is 0 Å². The van der Waals surface area contributed by atoms with Gasteiger partial charge in [-0.05, 0) is 53.2 Å². The second-order valence-corrected chi connectivity index (χ2v) is 5.84. The number of likely N-dealkylation sites (tertiary alicyclic amines) is 1. The van der Waals surface area contributed by atoms with E-state index in [1.165, 1.54) is 6.07 Å². The first-order chi connectivity index (χ1) is 8.50. The third kappa shape index (κ3) is 2.58. The van der Waals surface area contributed by atoms with E-state index in [-0.39, 0.29) is 11.5 Å². The van der Waals surface area contributed by atoms with Gasteiger partial charge in [0.15, 0.2) is 0 Å². The second kappa shape index (κ2) is 5.39. The molecule has 0 bridgehead atoms. The zero-order valence-corrected chi connectivity index (χ0v) is 12.3. The van der Waals surface area contributed by atoms with Crippen LogP contribution >= 0.6 is 15.9 Å². The van der Waals surface area contributed by atoms with Crippen LogP contribution in [0.15, 0.2) is 16.6 Å². The molecule has 0 spiro atoms. The summed E-state index contributed by atoms with van der Waals surface area (Å²) in [4.78, 5) is 14.2. The van der Waals surface area contributed by atoms with Crippen LogP contribution in [0.4, 0.5) is 4.39 Å². The Kier molecular flexibility index (Phi) is 4.05. The molecule has 1 fully saturated rings. The number of benzene rings is 1. The minimum Gasteiger partial charge on any atom is -0.338 e. The summed E-state index contributed by atoms with van der Waals surface area (Å²) in [6, 6.07) is 3.04. The number of rotatable bonds is 1. The third-order valence-electron chi connectivity index (χ3n) is 3.44. The van der Waals surface area contributed by atoms with Crippen LogP contribution in [0.2, 0.25) is 0 Å². The SMILES string of the molecule is Cc1ccc(F)c(C(=O)N2CCCC(C)C2)c1Br. The number of halogens is 2. The molecule has 1 heterocycles. The molecular formula is C14H17BrFNO. The normalized spacial score (nSPS) is 20.0. The number of nitrogens with zero attached hydrogens (tertiary/aromatic N) is 1. The van der Waals surface area contributed by atoms with E-state index in [2.05, 4.69) is 22.9 Å². The maximum Gasteiger partial charge on any atom is 0.258 e. The first-order valence-corrected chi connectivity index (χ1v) is 7.04. The lowest BCUT2D eigenvalue weighted by Gasteiger charge is -2.31. The van der Waals surface area contributed by atoms with Crippen molar-refractivity contribution < 1.29 is 9.18 Å². The molecule has 4 heteroatoms. The van der Waals surface area contributed by atoms with Crippen LogP contribution in [0.5, 0.6) is 0 Å². The number of hydrogen-bond donors (Lipinski definition) is 0. The molecule has 2 rings (SSSR count). The molecular weight excluding hydrogens is 297 g/mol. The van der Waals surface area contributed by atoms with Gasteiger partial charge in [-0.15, -0.1) is 0 Å². The van der Waals surface area contributed by atoms with Crippen molar-refractivity contribution in [2.45, 2.75) is 26.7 Å². The Bertz CT molecular complexity index is 475. The minimum absolute atomic E-state index is 0.170. The molecule has 0 N–H and O–H groups in total. The van der Waals surface area contributed by atoms with Crippen molar-refractivity contribution in [2.24, 2.45) is 5.92 Å². The molecule has 18 heavy (non-hydrogen) atoms. The number of carbonyl (C=O) groups is 1. The second-order valence-electron chi connectivity index (χ2n) is 5.05. The highest BCUT2D eigenvalue weighted by Crippen LogP contribution is 2.27. The molecule has 0 radical (unpaired) electrons. The monoisotopic (exact) mass is 313 g/mol. The summed E-state index contributed by atoms with van der Waals surface area (Å²) in [5, 5.41) is 0. The summed E-state index contributed by atoms with van der Waals surface area (Å²) < 4.78 is 14.4. The van der Waals surface area contributed by atoms with Crippen molar-refractivity contribution in [1.82, 2.24) is 4.90 Å². The van der Waals surface area contributed by atoms with E-state index >= 15 is 0 Å².